The molecule has 0 fully saturated rings. The highest BCUT2D eigenvalue weighted by atomic mass is 32.2. The molecular weight excluding hydrogens is 274 g/mol. The number of rotatable bonds is 7. The summed E-state index contributed by atoms with van der Waals surface area (Å²) in [6.45, 7) is 5.80. The Morgan fingerprint density at radius 3 is 2.55 bits per heavy atom. The van der Waals surface area contributed by atoms with Gasteiger partial charge in [0.05, 0.1) is 33.9 Å². The van der Waals surface area contributed by atoms with Gasteiger partial charge in [0.1, 0.15) is 0 Å². The van der Waals surface area contributed by atoms with E-state index in [4.69, 9.17) is 0 Å². The first-order chi connectivity index (χ1) is 9.49. The molecule has 112 valence electrons. The molecule has 1 amide bonds. The van der Waals surface area contributed by atoms with Crippen LogP contribution in [0.1, 0.15) is 37.6 Å². The van der Waals surface area contributed by atoms with Crippen LogP contribution in [0.25, 0.3) is 0 Å². The lowest BCUT2D eigenvalue weighted by Gasteiger charge is -2.19. The zero-order chi connectivity index (χ0) is 15.1. The Labute approximate surface area is 123 Å². The molecule has 0 aliphatic heterocycles. The maximum absolute atomic E-state index is 12.3. The molecule has 0 saturated heterocycles. The molecule has 0 bridgehead atoms. The Bertz CT molecular complexity index is 474. The van der Waals surface area contributed by atoms with Crippen molar-refractivity contribution in [3.63, 3.8) is 0 Å². The fourth-order valence-corrected chi connectivity index (χ4v) is 2.97. The first-order valence-electron chi connectivity index (χ1n) is 6.88. The predicted octanol–water partition coefficient (Wildman–Crippen LogP) is 1.95. The number of aliphatic hydroxyl groups is 1. The van der Waals surface area contributed by atoms with Crippen LogP contribution >= 0.6 is 0 Å². The molecule has 0 saturated carbocycles. The van der Waals surface area contributed by atoms with Crippen molar-refractivity contribution in [2.75, 3.05) is 12.4 Å². The van der Waals surface area contributed by atoms with Crippen LogP contribution in [0, 0.1) is 5.92 Å². The summed E-state index contributed by atoms with van der Waals surface area (Å²) in [7, 11) is -1.17. The number of nitrogens with one attached hydrogen (secondary N) is 1. The largest absolute Gasteiger partial charge is 0.394 e. The van der Waals surface area contributed by atoms with Crippen LogP contribution in [-0.2, 0) is 10.8 Å². The summed E-state index contributed by atoms with van der Waals surface area (Å²) in [5, 5.41) is 12.1. The maximum atomic E-state index is 12.3. The number of amides is 1. The SMILES string of the molecule is CCS(=O)c1ccccc1C(=O)NC(CO)CC(C)C. The second-order valence-electron chi connectivity index (χ2n) is 5.11. The first-order valence-corrected chi connectivity index (χ1v) is 8.20. The van der Waals surface area contributed by atoms with Gasteiger partial charge in [0, 0.05) is 5.75 Å². The zero-order valence-electron chi connectivity index (χ0n) is 12.3. The zero-order valence-corrected chi connectivity index (χ0v) is 13.1. The second-order valence-corrected chi connectivity index (χ2v) is 6.82. The quantitative estimate of drug-likeness (QED) is 0.808. The van der Waals surface area contributed by atoms with E-state index in [1.165, 1.54) is 0 Å². The van der Waals surface area contributed by atoms with Crippen molar-refractivity contribution in [1.82, 2.24) is 5.32 Å². The highest BCUT2D eigenvalue weighted by Gasteiger charge is 2.18. The molecule has 2 unspecified atom stereocenters. The molecule has 0 aliphatic rings. The molecule has 4 nitrogen and oxygen atoms in total. The summed E-state index contributed by atoms with van der Waals surface area (Å²) in [6, 6.07) is 6.64. The minimum absolute atomic E-state index is 0.0943. The Hall–Kier alpha value is -1.20. The third-order valence-electron chi connectivity index (χ3n) is 2.95. The van der Waals surface area contributed by atoms with Gasteiger partial charge < -0.3 is 10.4 Å². The molecule has 2 atom stereocenters. The molecule has 5 heteroatoms. The van der Waals surface area contributed by atoms with Crippen LogP contribution in [0.4, 0.5) is 0 Å². The highest BCUT2D eigenvalue weighted by Crippen LogP contribution is 2.14. The third kappa shape index (κ3) is 4.72. The van der Waals surface area contributed by atoms with E-state index < -0.39 is 10.8 Å². The Morgan fingerprint density at radius 1 is 1.35 bits per heavy atom. The van der Waals surface area contributed by atoms with E-state index in [0.717, 1.165) is 0 Å². The lowest BCUT2D eigenvalue weighted by atomic mass is 10.0. The van der Waals surface area contributed by atoms with Gasteiger partial charge in [0.2, 0.25) is 0 Å². The van der Waals surface area contributed by atoms with Crippen LogP contribution in [-0.4, -0.2) is 33.6 Å². The van der Waals surface area contributed by atoms with Gasteiger partial charge in [-0.2, -0.15) is 0 Å². The molecule has 20 heavy (non-hydrogen) atoms. The van der Waals surface area contributed by atoms with Gasteiger partial charge in [0.15, 0.2) is 0 Å². The van der Waals surface area contributed by atoms with Gasteiger partial charge in [0.25, 0.3) is 5.91 Å². The van der Waals surface area contributed by atoms with Crippen LogP contribution in [0.3, 0.4) is 0 Å². The van der Waals surface area contributed by atoms with Crippen molar-refractivity contribution >= 4 is 16.7 Å². The van der Waals surface area contributed by atoms with Crippen molar-refractivity contribution in [3.8, 4) is 0 Å². The van der Waals surface area contributed by atoms with E-state index in [-0.39, 0.29) is 18.6 Å². The minimum Gasteiger partial charge on any atom is -0.394 e. The van der Waals surface area contributed by atoms with Crippen LogP contribution in [0.2, 0.25) is 0 Å². The van der Waals surface area contributed by atoms with Crippen molar-refractivity contribution in [2.45, 2.75) is 38.1 Å². The number of carbonyl (C=O) groups excluding carboxylic acids is 1. The number of hydrogen-bond donors (Lipinski definition) is 2. The van der Waals surface area contributed by atoms with Gasteiger partial charge in [-0.25, -0.2) is 0 Å². The molecule has 1 aromatic rings. The summed E-state index contributed by atoms with van der Waals surface area (Å²) < 4.78 is 12.0. The van der Waals surface area contributed by atoms with Gasteiger partial charge in [-0.05, 0) is 24.5 Å². The summed E-state index contributed by atoms with van der Waals surface area (Å²) >= 11 is 0. The van der Waals surface area contributed by atoms with Gasteiger partial charge in [-0.15, -0.1) is 0 Å². The number of benzene rings is 1. The molecule has 1 aromatic carbocycles. The molecule has 1 rings (SSSR count). The molecule has 0 heterocycles. The smallest absolute Gasteiger partial charge is 0.252 e. The molecule has 0 spiro atoms. The number of hydrogen-bond acceptors (Lipinski definition) is 3. The van der Waals surface area contributed by atoms with Gasteiger partial charge in [-0.3, -0.25) is 9.00 Å². The third-order valence-corrected chi connectivity index (χ3v) is 4.32. The average molecular weight is 297 g/mol. The topological polar surface area (TPSA) is 66.4 Å². The number of carbonyl (C=O) groups is 1. The van der Waals surface area contributed by atoms with Gasteiger partial charge >= 0.3 is 0 Å². The van der Waals surface area contributed by atoms with Crippen molar-refractivity contribution < 1.29 is 14.1 Å². The summed E-state index contributed by atoms with van der Waals surface area (Å²) in [5.74, 6) is 0.578. The van der Waals surface area contributed by atoms with E-state index in [2.05, 4.69) is 5.32 Å². The molecule has 0 radical (unpaired) electrons. The van der Waals surface area contributed by atoms with E-state index in [1.54, 1.807) is 24.3 Å². The average Bonchev–Trinajstić information content (AvgIpc) is 2.45. The fourth-order valence-electron chi connectivity index (χ4n) is 2.02. The van der Waals surface area contributed by atoms with E-state index >= 15 is 0 Å². The van der Waals surface area contributed by atoms with Crippen molar-refractivity contribution in [1.29, 1.82) is 0 Å². The lowest BCUT2D eigenvalue weighted by Crippen LogP contribution is -2.38. The second kappa shape index (κ2) is 8.17. The standard InChI is InChI=1S/C15H23NO3S/c1-4-20(19)14-8-6-5-7-13(14)15(18)16-12(10-17)9-11(2)3/h5-8,11-12,17H,4,9-10H2,1-3H3,(H,16,18). The molecule has 2 N–H and O–H groups in total. The van der Waals surface area contributed by atoms with Crippen LogP contribution < -0.4 is 5.32 Å². The van der Waals surface area contributed by atoms with Crippen LogP contribution in [0.15, 0.2) is 29.2 Å². The van der Waals surface area contributed by atoms with Crippen molar-refractivity contribution in [3.05, 3.63) is 29.8 Å². The Kier molecular flexibility index (Phi) is 6.88. The lowest BCUT2D eigenvalue weighted by molar-refractivity contribution is 0.0905. The van der Waals surface area contributed by atoms with Crippen LogP contribution in [0.5, 0.6) is 0 Å². The summed E-state index contributed by atoms with van der Waals surface area (Å²) in [5.41, 5.74) is 0.426. The minimum atomic E-state index is -1.17. The highest BCUT2D eigenvalue weighted by molar-refractivity contribution is 7.85. The van der Waals surface area contributed by atoms with Crippen molar-refractivity contribution in [2.24, 2.45) is 5.92 Å². The maximum Gasteiger partial charge on any atom is 0.252 e. The summed E-state index contributed by atoms with van der Waals surface area (Å²) in [6.07, 6.45) is 0.710. The number of aliphatic hydroxyl groups excluding tert-OH is 1. The molecule has 0 aromatic heterocycles. The van der Waals surface area contributed by atoms with Gasteiger partial charge in [-0.1, -0.05) is 32.9 Å². The predicted molar refractivity (Wildman–Crippen MR) is 81.2 cm³/mol. The first kappa shape index (κ1) is 16.9. The van der Waals surface area contributed by atoms with E-state index in [1.807, 2.05) is 20.8 Å². The fraction of sp³-hybridized carbons (Fsp3) is 0.533. The summed E-state index contributed by atoms with van der Waals surface area (Å²) in [4.78, 5) is 12.8. The molecular formula is C15H23NO3S. The Balaban J connectivity index is 2.89. The monoisotopic (exact) mass is 297 g/mol. The molecule has 0 aliphatic carbocycles. The van der Waals surface area contributed by atoms with E-state index in [0.29, 0.717) is 28.6 Å². The van der Waals surface area contributed by atoms with E-state index in [9.17, 15) is 14.1 Å². The Morgan fingerprint density at radius 2 is 2.00 bits per heavy atom. The normalized spacial score (nSPS) is 14.1.